The Hall–Kier alpha value is -2.75. The van der Waals surface area contributed by atoms with Crippen LogP contribution in [0.3, 0.4) is 0 Å². The highest BCUT2D eigenvalue weighted by molar-refractivity contribution is 6.02. The first-order valence-corrected chi connectivity index (χ1v) is 8.52. The molecule has 122 valence electrons. The smallest absolute Gasteiger partial charge is 0.257 e. The molecule has 0 spiro atoms. The van der Waals surface area contributed by atoms with Crippen molar-refractivity contribution in [3.8, 4) is 0 Å². The molecule has 0 saturated carbocycles. The van der Waals surface area contributed by atoms with E-state index in [-0.39, 0.29) is 12.1 Å². The van der Waals surface area contributed by atoms with Crippen molar-refractivity contribution < 1.29 is 4.79 Å². The van der Waals surface area contributed by atoms with Crippen LogP contribution in [0.5, 0.6) is 0 Å². The van der Waals surface area contributed by atoms with Crippen molar-refractivity contribution in [2.24, 2.45) is 0 Å². The third kappa shape index (κ3) is 2.35. The summed E-state index contributed by atoms with van der Waals surface area (Å²) >= 11 is 0. The van der Waals surface area contributed by atoms with Gasteiger partial charge in [0.25, 0.3) is 5.91 Å². The van der Waals surface area contributed by atoms with Crippen LogP contribution < -0.4 is 5.32 Å². The number of para-hydroxylation sites is 2. The Bertz CT molecular complexity index is 883. The standard InChI is InChI=1S/C20H21N3O/c1-2-3-12-23-19(16-13-21-17-10-6-4-8-14(16)17)22-18-11-7-5-9-15(18)20(23)24/h4-11,13,19,21-22H,2-3,12H2,1H3. The van der Waals surface area contributed by atoms with Crippen molar-refractivity contribution in [2.75, 3.05) is 11.9 Å². The zero-order chi connectivity index (χ0) is 16.5. The molecule has 1 amide bonds. The maximum Gasteiger partial charge on any atom is 0.257 e. The molecule has 0 radical (unpaired) electrons. The molecular weight excluding hydrogens is 298 g/mol. The maximum atomic E-state index is 13.0. The fourth-order valence-electron chi connectivity index (χ4n) is 3.42. The summed E-state index contributed by atoms with van der Waals surface area (Å²) in [5.41, 5.74) is 3.87. The van der Waals surface area contributed by atoms with Crippen molar-refractivity contribution in [3.63, 3.8) is 0 Å². The molecule has 4 heteroatoms. The lowest BCUT2D eigenvalue weighted by Crippen LogP contribution is -2.43. The number of nitrogens with zero attached hydrogens (tertiary/aromatic N) is 1. The number of rotatable bonds is 4. The normalized spacial score (nSPS) is 17.0. The van der Waals surface area contributed by atoms with Gasteiger partial charge in [-0.25, -0.2) is 0 Å². The Morgan fingerprint density at radius 3 is 2.75 bits per heavy atom. The van der Waals surface area contributed by atoms with E-state index in [1.54, 1.807) is 0 Å². The van der Waals surface area contributed by atoms with Crippen LogP contribution in [0, 0.1) is 0 Å². The summed E-state index contributed by atoms with van der Waals surface area (Å²) < 4.78 is 0. The first-order chi connectivity index (χ1) is 11.8. The Kier molecular flexibility index (Phi) is 3.73. The topological polar surface area (TPSA) is 48.1 Å². The van der Waals surface area contributed by atoms with Gasteiger partial charge in [0.1, 0.15) is 6.17 Å². The average molecular weight is 319 g/mol. The number of unbranched alkanes of at least 4 members (excludes halogenated alkanes) is 1. The molecule has 1 aromatic heterocycles. The zero-order valence-electron chi connectivity index (χ0n) is 13.8. The van der Waals surface area contributed by atoms with E-state index in [9.17, 15) is 4.79 Å². The van der Waals surface area contributed by atoms with Gasteiger partial charge in [0.2, 0.25) is 0 Å². The van der Waals surface area contributed by atoms with E-state index in [4.69, 9.17) is 0 Å². The lowest BCUT2D eigenvalue weighted by Gasteiger charge is -2.38. The molecule has 4 rings (SSSR count). The van der Waals surface area contributed by atoms with Crippen LogP contribution in [0.2, 0.25) is 0 Å². The number of fused-ring (bicyclic) bond motifs is 2. The Morgan fingerprint density at radius 2 is 1.88 bits per heavy atom. The molecule has 3 aromatic rings. The fourth-order valence-corrected chi connectivity index (χ4v) is 3.42. The molecule has 0 fully saturated rings. The number of aromatic amines is 1. The maximum absolute atomic E-state index is 13.0. The van der Waals surface area contributed by atoms with Crippen LogP contribution in [0.4, 0.5) is 5.69 Å². The first-order valence-electron chi connectivity index (χ1n) is 8.52. The zero-order valence-corrected chi connectivity index (χ0v) is 13.8. The summed E-state index contributed by atoms with van der Waals surface area (Å²) in [6.07, 6.45) is 3.93. The van der Waals surface area contributed by atoms with Crippen molar-refractivity contribution in [2.45, 2.75) is 25.9 Å². The van der Waals surface area contributed by atoms with Crippen LogP contribution in [0.15, 0.2) is 54.7 Å². The van der Waals surface area contributed by atoms with E-state index >= 15 is 0 Å². The predicted molar refractivity (Wildman–Crippen MR) is 97.0 cm³/mol. The van der Waals surface area contributed by atoms with Gasteiger partial charge >= 0.3 is 0 Å². The molecule has 2 heterocycles. The third-order valence-corrected chi connectivity index (χ3v) is 4.69. The highest BCUT2D eigenvalue weighted by Crippen LogP contribution is 2.36. The minimum absolute atomic E-state index is 0.105. The SMILES string of the molecule is CCCCN1C(=O)c2ccccc2NC1c1c[nH]c2ccccc12. The monoisotopic (exact) mass is 319 g/mol. The minimum atomic E-state index is -0.143. The van der Waals surface area contributed by atoms with Crippen LogP contribution in [-0.2, 0) is 0 Å². The van der Waals surface area contributed by atoms with Gasteiger partial charge in [0.05, 0.1) is 5.56 Å². The van der Waals surface area contributed by atoms with Gasteiger partial charge in [-0.15, -0.1) is 0 Å². The molecule has 1 aliphatic rings. The molecule has 4 nitrogen and oxygen atoms in total. The second-order valence-corrected chi connectivity index (χ2v) is 6.23. The number of carbonyl (C=O) groups excluding carboxylic acids is 1. The van der Waals surface area contributed by atoms with Crippen LogP contribution in [0.1, 0.15) is 41.9 Å². The fraction of sp³-hybridized carbons (Fsp3) is 0.250. The molecule has 0 bridgehead atoms. The molecule has 1 aliphatic heterocycles. The highest BCUT2D eigenvalue weighted by atomic mass is 16.2. The van der Waals surface area contributed by atoms with Crippen molar-refractivity contribution in [1.29, 1.82) is 0 Å². The van der Waals surface area contributed by atoms with Crippen molar-refractivity contribution in [1.82, 2.24) is 9.88 Å². The Labute approximate surface area is 141 Å². The number of hydrogen-bond acceptors (Lipinski definition) is 2. The summed E-state index contributed by atoms with van der Waals surface area (Å²) in [5, 5.41) is 4.72. The average Bonchev–Trinajstić information content (AvgIpc) is 3.05. The largest absolute Gasteiger partial charge is 0.361 e. The van der Waals surface area contributed by atoms with Crippen molar-refractivity contribution >= 4 is 22.5 Å². The van der Waals surface area contributed by atoms with E-state index in [2.05, 4.69) is 29.4 Å². The number of amides is 1. The highest BCUT2D eigenvalue weighted by Gasteiger charge is 2.33. The van der Waals surface area contributed by atoms with E-state index in [1.165, 1.54) is 0 Å². The molecule has 0 saturated heterocycles. The molecule has 0 aliphatic carbocycles. The van der Waals surface area contributed by atoms with Crippen LogP contribution in [0.25, 0.3) is 10.9 Å². The van der Waals surface area contributed by atoms with E-state index in [1.807, 2.05) is 47.5 Å². The number of hydrogen-bond donors (Lipinski definition) is 2. The number of carbonyl (C=O) groups is 1. The Balaban J connectivity index is 1.81. The summed E-state index contributed by atoms with van der Waals surface area (Å²) in [7, 11) is 0. The second-order valence-electron chi connectivity index (χ2n) is 6.23. The minimum Gasteiger partial charge on any atom is -0.361 e. The van der Waals surface area contributed by atoms with Gasteiger partial charge in [-0.1, -0.05) is 43.7 Å². The van der Waals surface area contributed by atoms with Crippen LogP contribution in [-0.4, -0.2) is 22.3 Å². The first kappa shape index (κ1) is 14.8. The lowest BCUT2D eigenvalue weighted by molar-refractivity contribution is 0.0681. The molecule has 2 N–H and O–H groups in total. The molecular formula is C20H21N3O. The molecule has 1 unspecified atom stereocenters. The number of nitrogens with one attached hydrogen (secondary N) is 2. The van der Waals surface area contributed by atoms with E-state index in [0.29, 0.717) is 0 Å². The predicted octanol–water partition coefficient (Wildman–Crippen LogP) is 4.53. The quantitative estimate of drug-likeness (QED) is 0.742. The van der Waals surface area contributed by atoms with Crippen molar-refractivity contribution in [3.05, 3.63) is 65.9 Å². The number of anilines is 1. The third-order valence-electron chi connectivity index (χ3n) is 4.69. The summed E-state index contributed by atoms with van der Waals surface area (Å²) in [4.78, 5) is 18.3. The summed E-state index contributed by atoms with van der Waals surface area (Å²) in [6.45, 7) is 2.90. The molecule has 24 heavy (non-hydrogen) atoms. The van der Waals surface area contributed by atoms with Crippen LogP contribution >= 0.6 is 0 Å². The van der Waals surface area contributed by atoms with Gasteiger partial charge in [-0.2, -0.15) is 0 Å². The summed E-state index contributed by atoms with van der Waals surface area (Å²) in [5.74, 6) is 0.105. The number of H-pyrrole nitrogens is 1. The van der Waals surface area contributed by atoms with E-state index in [0.717, 1.165) is 47.1 Å². The van der Waals surface area contributed by atoms with Gasteiger partial charge in [0.15, 0.2) is 0 Å². The van der Waals surface area contributed by atoms with Gasteiger partial charge < -0.3 is 15.2 Å². The van der Waals surface area contributed by atoms with E-state index < -0.39 is 0 Å². The lowest BCUT2D eigenvalue weighted by atomic mass is 10.0. The Morgan fingerprint density at radius 1 is 1.08 bits per heavy atom. The van der Waals surface area contributed by atoms with Gasteiger partial charge in [0, 0.05) is 34.9 Å². The second kappa shape index (κ2) is 6.04. The molecule has 2 aromatic carbocycles. The van der Waals surface area contributed by atoms with Gasteiger partial charge in [-0.3, -0.25) is 4.79 Å². The van der Waals surface area contributed by atoms with Gasteiger partial charge in [-0.05, 0) is 24.6 Å². The summed E-state index contributed by atoms with van der Waals surface area (Å²) in [6, 6.07) is 16.0. The number of aromatic nitrogens is 1. The number of benzene rings is 2. The molecule has 1 atom stereocenters.